The van der Waals surface area contributed by atoms with Gasteiger partial charge in [0.25, 0.3) is 0 Å². The number of morpholine rings is 1. The maximum absolute atomic E-state index is 13.5. The van der Waals surface area contributed by atoms with Crippen LogP contribution in [0.5, 0.6) is 0 Å². The van der Waals surface area contributed by atoms with E-state index < -0.39 is 10.0 Å². The molecule has 0 atom stereocenters. The summed E-state index contributed by atoms with van der Waals surface area (Å²) in [6, 6.07) is 9.49. The second-order valence-electron chi connectivity index (χ2n) is 9.87. The van der Waals surface area contributed by atoms with Crippen molar-refractivity contribution in [1.82, 2.24) is 18.8 Å². The lowest BCUT2D eigenvalue weighted by atomic mass is 10.2. The van der Waals surface area contributed by atoms with E-state index in [1.807, 2.05) is 45.9 Å². The number of ether oxygens (including phenoxy) is 1. The first-order valence-electron chi connectivity index (χ1n) is 13.0. The molecule has 0 radical (unpaired) electrons. The molecule has 2 aromatic heterocycles. The van der Waals surface area contributed by atoms with Gasteiger partial charge in [0.2, 0.25) is 16.0 Å². The van der Waals surface area contributed by atoms with Crippen LogP contribution in [-0.2, 0) is 14.8 Å². The highest BCUT2D eigenvalue weighted by molar-refractivity contribution is 7.89. The van der Waals surface area contributed by atoms with E-state index in [9.17, 15) is 8.42 Å². The van der Waals surface area contributed by atoms with Crippen molar-refractivity contribution < 1.29 is 13.2 Å². The van der Waals surface area contributed by atoms with E-state index >= 15 is 0 Å². The molecule has 0 spiro atoms. The standard InChI is InChI=1S/C27H35N7O3S/c1-19-15-20(2)30-27(29-19)31-28-18-23-16-21(3)34(22(23)4)26-17-24(7-8-25(26)32-9-5-6-10-32)38(35,36)33-11-13-37-14-12-33/h7-8,15-18H,5-6,9-14H2,1-4H3,(H,29,30,31). The Bertz CT molecular complexity index is 1430. The number of benzene rings is 1. The lowest BCUT2D eigenvalue weighted by Crippen LogP contribution is -2.40. The van der Waals surface area contributed by atoms with Crippen LogP contribution < -0.4 is 10.3 Å². The van der Waals surface area contributed by atoms with Gasteiger partial charge in [-0.05, 0) is 70.9 Å². The number of hydrogen-bond acceptors (Lipinski definition) is 8. The normalized spacial score (nSPS) is 17.0. The van der Waals surface area contributed by atoms with Gasteiger partial charge >= 0.3 is 0 Å². The van der Waals surface area contributed by atoms with Crippen molar-refractivity contribution in [3.63, 3.8) is 0 Å². The molecule has 10 nitrogen and oxygen atoms in total. The smallest absolute Gasteiger partial charge is 0.243 e. The summed E-state index contributed by atoms with van der Waals surface area (Å²) >= 11 is 0. The predicted octanol–water partition coefficient (Wildman–Crippen LogP) is 3.57. The number of aromatic nitrogens is 3. The molecule has 0 saturated carbocycles. The minimum Gasteiger partial charge on any atom is -0.379 e. The van der Waals surface area contributed by atoms with Crippen LogP contribution in [0.2, 0.25) is 0 Å². The van der Waals surface area contributed by atoms with Crippen molar-refractivity contribution in [2.75, 3.05) is 49.7 Å². The zero-order valence-electron chi connectivity index (χ0n) is 22.4. The van der Waals surface area contributed by atoms with Crippen LogP contribution in [0, 0.1) is 27.7 Å². The summed E-state index contributed by atoms with van der Waals surface area (Å²) in [7, 11) is -3.63. The van der Waals surface area contributed by atoms with Gasteiger partial charge in [0.1, 0.15) is 0 Å². The van der Waals surface area contributed by atoms with E-state index in [-0.39, 0.29) is 0 Å². The molecule has 202 valence electrons. The Labute approximate surface area is 224 Å². The maximum Gasteiger partial charge on any atom is 0.243 e. The third kappa shape index (κ3) is 5.31. The van der Waals surface area contributed by atoms with Crippen LogP contribution in [0.4, 0.5) is 11.6 Å². The van der Waals surface area contributed by atoms with Crippen LogP contribution in [0.3, 0.4) is 0 Å². The third-order valence-electron chi connectivity index (χ3n) is 7.06. The maximum atomic E-state index is 13.5. The van der Waals surface area contributed by atoms with Gasteiger partial charge in [-0.15, -0.1) is 0 Å². The Hall–Kier alpha value is -3.28. The van der Waals surface area contributed by atoms with Crippen molar-refractivity contribution in [2.24, 2.45) is 5.10 Å². The van der Waals surface area contributed by atoms with Gasteiger partial charge in [-0.3, -0.25) is 0 Å². The highest BCUT2D eigenvalue weighted by Gasteiger charge is 2.28. The number of nitrogens with zero attached hydrogens (tertiary/aromatic N) is 6. The quantitative estimate of drug-likeness (QED) is 0.363. The molecule has 4 heterocycles. The molecule has 1 aromatic carbocycles. The largest absolute Gasteiger partial charge is 0.379 e. The fourth-order valence-corrected chi connectivity index (χ4v) is 6.66. The summed E-state index contributed by atoms with van der Waals surface area (Å²) in [5.74, 6) is 0.449. The van der Waals surface area contributed by atoms with Crippen molar-refractivity contribution in [3.8, 4) is 5.69 Å². The van der Waals surface area contributed by atoms with E-state index in [0.717, 1.165) is 65.6 Å². The second kappa shape index (κ2) is 10.8. The van der Waals surface area contributed by atoms with Crippen LogP contribution >= 0.6 is 0 Å². The van der Waals surface area contributed by atoms with Crippen LogP contribution in [0.25, 0.3) is 5.69 Å². The van der Waals surface area contributed by atoms with Gasteiger partial charge < -0.3 is 14.2 Å². The molecule has 0 aliphatic carbocycles. The highest BCUT2D eigenvalue weighted by atomic mass is 32.2. The fraction of sp³-hybridized carbons (Fsp3) is 0.444. The molecule has 11 heteroatoms. The summed E-state index contributed by atoms with van der Waals surface area (Å²) in [5, 5.41) is 4.38. The molecule has 2 aliphatic rings. The lowest BCUT2D eigenvalue weighted by molar-refractivity contribution is 0.0730. The molecule has 38 heavy (non-hydrogen) atoms. The predicted molar refractivity (Wildman–Crippen MR) is 149 cm³/mol. The van der Waals surface area contributed by atoms with E-state index in [1.165, 1.54) is 4.31 Å². The summed E-state index contributed by atoms with van der Waals surface area (Å²) in [5.41, 5.74) is 9.45. The first kappa shape index (κ1) is 26.3. The van der Waals surface area contributed by atoms with E-state index in [2.05, 4.69) is 36.0 Å². The van der Waals surface area contributed by atoms with Crippen LogP contribution in [-0.4, -0.2) is 72.9 Å². The molecular weight excluding hydrogens is 502 g/mol. The van der Waals surface area contributed by atoms with Crippen molar-refractivity contribution in [3.05, 3.63) is 58.7 Å². The molecule has 5 rings (SSSR count). The Morgan fingerprint density at radius 2 is 1.61 bits per heavy atom. The molecule has 0 bridgehead atoms. The monoisotopic (exact) mass is 537 g/mol. The summed E-state index contributed by atoms with van der Waals surface area (Å²) in [6.07, 6.45) is 4.01. The Morgan fingerprint density at radius 3 is 2.29 bits per heavy atom. The average Bonchev–Trinajstić information content (AvgIpc) is 3.52. The zero-order valence-corrected chi connectivity index (χ0v) is 23.3. The Morgan fingerprint density at radius 1 is 0.921 bits per heavy atom. The third-order valence-corrected chi connectivity index (χ3v) is 8.96. The summed E-state index contributed by atoms with van der Waals surface area (Å²) in [6.45, 7) is 11.4. The molecular formula is C27H35N7O3S. The van der Waals surface area contributed by atoms with E-state index in [4.69, 9.17) is 4.74 Å². The molecule has 1 N–H and O–H groups in total. The molecule has 2 aliphatic heterocycles. The van der Waals surface area contributed by atoms with Crippen molar-refractivity contribution in [1.29, 1.82) is 0 Å². The number of aryl methyl sites for hydroxylation is 3. The van der Waals surface area contributed by atoms with Gasteiger partial charge in [-0.25, -0.2) is 23.8 Å². The van der Waals surface area contributed by atoms with E-state index in [1.54, 1.807) is 12.3 Å². The molecule has 3 aromatic rings. The summed E-state index contributed by atoms with van der Waals surface area (Å²) < 4.78 is 36.0. The molecule has 0 amide bonds. The summed E-state index contributed by atoms with van der Waals surface area (Å²) in [4.78, 5) is 11.4. The number of hydrogen-bond donors (Lipinski definition) is 1. The number of nitrogens with one attached hydrogen (secondary N) is 1. The first-order chi connectivity index (χ1) is 18.2. The van der Waals surface area contributed by atoms with Gasteiger partial charge in [-0.1, -0.05) is 0 Å². The fourth-order valence-electron chi connectivity index (χ4n) is 5.23. The van der Waals surface area contributed by atoms with Gasteiger partial charge in [0, 0.05) is 54.5 Å². The number of sulfonamides is 1. The highest BCUT2D eigenvalue weighted by Crippen LogP contribution is 2.34. The second-order valence-corrected chi connectivity index (χ2v) is 11.8. The zero-order chi connectivity index (χ0) is 26.9. The van der Waals surface area contributed by atoms with Crippen LogP contribution in [0.1, 0.15) is 41.2 Å². The van der Waals surface area contributed by atoms with E-state index in [0.29, 0.717) is 37.1 Å². The topological polar surface area (TPSA) is 105 Å². The number of anilines is 2. The van der Waals surface area contributed by atoms with Gasteiger partial charge in [0.05, 0.1) is 35.7 Å². The molecule has 2 fully saturated rings. The van der Waals surface area contributed by atoms with Crippen LogP contribution in [0.15, 0.2) is 40.3 Å². The minimum atomic E-state index is -3.63. The Balaban J connectivity index is 1.52. The minimum absolute atomic E-state index is 0.300. The van der Waals surface area contributed by atoms with Gasteiger partial charge in [0.15, 0.2) is 0 Å². The van der Waals surface area contributed by atoms with Crippen molar-refractivity contribution in [2.45, 2.75) is 45.4 Å². The SMILES string of the molecule is Cc1cc(C)nc(NN=Cc2cc(C)n(-c3cc(S(=O)(=O)N4CCOCC4)ccc3N3CCCC3)c2C)n1. The van der Waals surface area contributed by atoms with Gasteiger partial charge in [-0.2, -0.15) is 9.41 Å². The number of hydrazone groups is 1. The Kier molecular flexibility index (Phi) is 7.51. The molecule has 0 unspecified atom stereocenters. The lowest BCUT2D eigenvalue weighted by Gasteiger charge is -2.28. The number of rotatable bonds is 7. The first-order valence-corrected chi connectivity index (χ1v) is 14.5. The molecule has 2 saturated heterocycles. The van der Waals surface area contributed by atoms with Crippen molar-refractivity contribution >= 4 is 27.9 Å². The average molecular weight is 538 g/mol.